The van der Waals surface area contributed by atoms with E-state index in [4.69, 9.17) is 4.74 Å². The molecule has 0 aliphatic heterocycles. The number of methoxy groups -OCH3 is 1. The Morgan fingerprint density at radius 2 is 2.04 bits per heavy atom. The first-order valence-electron chi connectivity index (χ1n) is 8.13. The van der Waals surface area contributed by atoms with Gasteiger partial charge in [0, 0.05) is 19.3 Å². The van der Waals surface area contributed by atoms with Crippen molar-refractivity contribution in [2.75, 3.05) is 20.3 Å². The molecule has 0 aliphatic rings. The Kier molecular flexibility index (Phi) is 6.52. The third-order valence-electron chi connectivity index (χ3n) is 3.68. The van der Waals surface area contributed by atoms with Crippen LogP contribution in [-0.2, 0) is 4.74 Å². The van der Waals surface area contributed by atoms with Crippen LogP contribution in [0.25, 0.3) is 5.69 Å². The zero-order valence-electron chi connectivity index (χ0n) is 14.4. The lowest BCUT2D eigenvalue weighted by atomic mass is 10.1. The summed E-state index contributed by atoms with van der Waals surface area (Å²) in [6.45, 7) is 4.77. The van der Waals surface area contributed by atoms with Gasteiger partial charge in [-0.25, -0.2) is 4.68 Å². The number of amides is 1. The van der Waals surface area contributed by atoms with Gasteiger partial charge in [-0.1, -0.05) is 32.0 Å². The minimum absolute atomic E-state index is 0.239. The summed E-state index contributed by atoms with van der Waals surface area (Å²) in [5, 5.41) is 16.8. The van der Waals surface area contributed by atoms with Gasteiger partial charge in [0.2, 0.25) is 0 Å². The van der Waals surface area contributed by atoms with Crippen molar-refractivity contribution in [3.63, 3.8) is 0 Å². The summed E-state index contributed by atoms with van der Waals surface area (Å²) < 4.78 is 6.67. The monoisotopic (exact) mass is 331 g/mol. The molecule has 1 heterocycles. The molecule has 2 aromatic rings. The maximum Gasteiger partial charge on any atom is 0.271 e. The van der Waals surface area contributed by atoms with Crippen LogP contribution >= 0.6 is 0 Å². The van der Waals surface area contributed by atoms with Gasteiger partial charge in [0.1, 0.15) is 0 Å². The topological polar surface area (TPSA) is 76.4 Å². The smallest absolute Gasteiger partial charge is 0.271 e. The highest BCUT2D eigenvalue weighted by Gasteiger charge is 2.17. The van der Waals surface area contributed by atoms with E-state index in [1.165, 1.54) is 7.11 Å². The largest absolute Gasteiger partial charge is 0.391 e. The van der Waals surface area contributed by atoms with Crippen LogP contribution in [0, 0.1) is 0 Å². The van der Waals surface area contributed by atoms with Crippen LogP contribution in [0.15, 0.2) is 36.4 Å². The van der Waals surface area contributed by atoms with Crippen LogP contribution in [0.2, 0.25) is 0 Å². The molecule has 0 spiro atoms. The number of hydrogen-bond donors (Lipinski definition) is 2. The molecule has 1 unspecified atom stereocenters. The maximum absolute atomic E-state index is 12.3. The average Bonchev–Trinajstić information content (AvgIpc) is 3.01. The fraction of sp³-hybridized carbons (Fsp3) is 0.444. The van der Waals surface area contributed by atoms with E-state index in [-0.39, 0.29) is 18.4 Å². The fourth-order valence-corrected chi connectivity index (χ4v) is 2.41. The Bertz CT molecular complexity index is 653. The highest BCUT2D eigenvalue weighted by Crippen LogP contribution is 2.20. The van der Waals surface area contributed by atoms with Gasteiger partial charge < -0.3 is 15.2 Å². The molecule has 24 heavy (non-hydrogen) atoms. The Morgan fingerprint density at radius 3 is 2.67 bits per heavy atom. The first kappa shape index (κ1) is 18.2. The normalized spacial score (nSPS) is 12.4. The number of aromatic nitrogens is 2. The third kappa shape index (κ3) is 4.66. The van der Waals surface area contributed by atoms with Crippen LogP contribution in [0.3, 0.4) is 0 Å². The molecule has 2 N–H and O–H groups in total. The van der Waals surface area contributed by atoms with Gasteiger partial charge in [-0.15, -0.1) is 0 Å². The number of aliphatic hydroxyl groups excluding tert-OH is 1. The van der Waals surface area contributed by atoms with Gasteiger partial charge in [-0.2, -0.15) is 5.10 Å². The summed E-state index contributed by atoms with van der Waals surface area (Å²) in [5.41, 5.74) is 2.28. The number of para-hydroxylation sites is 1. The van der Waals surface area contributed by atoms with Gasteiger partial charge >= 0.3 is 0 Å². The van der Waals surface area contributed by atoms with Gasteiger partial charge in [0.25, 0.3) is 5.91 Å². The summed E-state index contributed by atoms with van der Waals surface area (Å²) >= 11 is 0. The van der Waals surface area contributed by atoms with Crippen LogP contribution in [-0.4, -0.2) is 47.2 Å². The van der Waals surface area contributed by atoms with Crippen LogP contribution in [0.5, 0.6) is 0 Å². The number of rotatable bonds is 8. The number of nitrogens with one attached hydrogen (secondary N) is 1. The Morgan fingerprint density at radius 1 is 1.33 bits per heavy atom. The van der Waals surface area contributed by atoms with E-state index in [9.17, 15) is 9.90 Å². The molecule has 1 atom stereocenters. The van der Waals surface area contributed by atoms with Gasteiger partial charge in [0.05, 0.1) is 18.4 Å². The van der Waals surface area contributed by atoms with Crippen LogP contribution < -0.4 is 5.32 Å². The lowest BCUT2D eigenvalue weighted by Crippen LogP contribution is -2.28. The molecule has 0 fully saturated rings. The van der Waals surface area contributed by atoms with E-state index in [2.05, 4.69) is 24.3 Å². The molecule has 6 heteroatoms. The zero-order chi connectivity index (χ0) is 17.5. The zero-order valence-corrected chi connectivity index (χ0v) is 14.4. The third-order valence-corrected chi connectivity index (χ3v) is 3.68. The Labute approximate surface area is 142 Å². The second kappa shape index (κ2) is 8.61. The molecule has 2 rings (SSSR count). The number of ether oxygens (including phenoxy) is 1. The van der Waals surface area contributed by atoms with Crippen molar-refractivity contribution in [3.8, 4) is 5.69 Å². The lowest BCUT2D eigenvalue weighted by Gasteiger charge is -2.09. The second-order valence-electron chi connectivity index (χ2n) is 6.01. The average molecular weight is 331 g/mol. The minimum atomic E-state index is -0.580. The predicted molar refractivity (Wildman–Crippen MR) is 92.5 cm³/mol. The van der Waals surface area contributed by atoms with Crippen molar-refractivity contribution in [2.45, 2.75) is 32.3 Å². The maximum atomic E-state index is 12.3. The van der Waals surface area contributed by atoms with Crippen molar-refractivity contribution >= 4 is 5.91 Å². The first-order chi connectivity index (χ1) is 11.5. The molecule has 0 saturated carbocycles. The number of benzene rings is 1. The SMILES string of the molecule is COCC(O)CCNC(=O)c1cc(C(C)C)n(-c2ccccc2)n1. The van der Waals surface area contributed by atoms with Crippen molar-refractivity contribution in [1.29, 1.82) is 0 Å². The second-order valence-corrected chi connectivity index (χ2v) is 6.01. The van der Waals surface area contributed by atoms with E-state index in [1.54, 1.807) is 4.68 Å². The molecule has 6 nitrogen and oxygen atoms in total. The van der Waals surface area contributed by atoms with Crippen LogP contribution in [0.1, 0.15) is 42.4 Å². The summed E-state index contributed by atoms with van der Waals surface area (Å²) in [5.74, 6) is -0.000945. The molecule has 1 aromatic heterocycles. The number of hydrogen-bond acceptors (Lipinski definition) is 4. The highest BCUT2D eigenvalue weighted by molar-refractivity contribution is 5.92. The molecule has 0 radical (unpaired) electrons. The number of nitrogens with zero attached hydrogens (tertiary/aromatic N) is 2. The molecule has 1 amide bonds. The number of carbonyl (C=O) groups excluding carboxylic acids is 1. The minimum Gasteiger partial charge on any atom is -0.391 e. The molecular formula is C18H25N3O3. The summed E-state index contributed by atoms with van der Waals surface area (Å²) in [6, 6.07) is 11.6. The Balaban J connectivity index is 2.09. The number of carbonyl (C=O) groups is 1. The van der Waals surface area contributed by atoms with Crippen molar-refractivity contribution in [2.24, 2.45) is 0 Å². The van der Waals surface area contributed by atoms with Gasteiger partial charge in [0.15, 0.2) is 5.69 Å². The van der Waals surface area contributed by atoms with Gasteiger partial charge in [-0.3, -0.25) is 4.79 Å². The van der Waals surface area contributed by atoms with E-state index < -0.39 is 6.10 Å². The summed E-state index contributed by atoms with van der Waals surface area (Å²) in [6.07, 6.45) is -0.140. The molecule has 130 valence electrons. The van der Waals surface area contributed by atoms with Crippen molar-refractivity contribution in [3.05, 3.63) is 47.8 Å². The quantitative estimate of drug-likeness (QED) is 0.777. The molecule has 0 saturated heterocycles. The summed E-state index contributed by atoms with van der Waals surface area (Å²) in [4.78, 5) is 12.3. The van der Waals surface area contributed by atoms with Crippen LogP contribution in [0.4, 0.5) is 0 Å². The highest BCUT2D eigenvalue weighted by atomic mass is 16.5. The molecule has 1 aromatic carbocycles. The van der Waals surface area contributed by atoms with E-state index in [0.29, 0.717) is 18.7 Å². The van der Waals surface area contributed by atoms with E-state index >= 15 is 0 Å². The molecule has 0 bridgehead atoms. The fourth-order valence-electron chi connectivity index (χ4n) is 2.41. The first-order valence-corrected chi connectivity index (χ1v) is 8.13. The number of aliphatic hydroxyl groups is 1. The van der Waals surface area contributed by atoms with E-state index in [0.717, 1.165) is 11.4 Å². The standard InChI is InChI=1S/C18H25N3O3/c1-13(2)17-11-16(18(23)19-10-9-15(22)12-24-3)20-21(17)14-7-5-4-6-8-14/h4-8,11,13,15,22H,9-10,12H2,1-3H3,(H,19,23). The van der Waals surface area contributed by atoms with E-state index in [1.807, 2.05) is 36.4 Å². The van der Waals surface area contributed by atoms with Crippen molar-refractivity contribution in [1.82, 2.24) is 15.1 Å². The lowest BCUT2D eigenvalue weighted by molar-refractivity contribution is 0.0587. The summed E-state index contributed by atoms with van der Waals surface area (Å²) in [7, 11) is 1.53. The van der Waals surface area contributed by atoms with Crippen molar-refractivity contribution < 1.29 is 14.6 Å². The molecule has 0 aliphatic carbocycles. The molecular weight excluding hydrogens is 306 g/mol. The Hall–Kier alpha value is -2.18. The predicted octanol–water partition coefficient (Wildman–Crippen LogP) is 2.12. The van der Waals surface area contributed by atoms with Gasteiger partial charge in [-0.05, 0) is 30.5 Å².